The summed E-state index contributed by atoms with van der Waals surface area (Å²) in [5.41, 5.74) is 1.91. The van der Waals surface area contributed by atoms with E-state index in [1.54, 1.807) is 23.2 Å². The molecule has 228 valence electrons. The van der Waals surface area contributed by atoms with Crippen LogP contribution in [0.3, 0.4) is 0 Å². The molecule has 3 aliphatic heterocycles. The van der Waals surface area contributed by atoms with E-state index in [2.05, 4.69) is 22.1 Å². The van der Waals surface area contributed by atoms with E-state index in [1.165, 1.54) is 12.8 Å². The van der Waals surface area contributed by atoms with Gasteiger partial charge < -0.3 is 19.9 Å². The Morgan fingerprint density at radius 2 is 1.71 bits per heavy atom. The summed E-state index contributed by atoms with van der Waals surface area (Å²) in [5, 5.41) is 4.06. The van der Waals surface area contributed by atoms with Gasteiger partial charge in [0.2, 0.25) is 5.91 Å². The van der Waals surface area contributed by atoms with E-state index in [0.29, 0.717) is 42.6 Å². The van der Waals surface area contributed by atoms with Crippen LogP contribution in [0.2, 0.25) is 10.0 Å². The van der Waals surface area contributed by atoms with Crippen molar-refractivity contribution < 1.29 is 14.3 Å². The zero-order valence-corrected chi connectivity index (χ0v) is 26.1. The van der Waals surface area contributed by atoms with Gasteiger partial charge in [0.1, 0.15) is 17.9 Å². The molecule has 4 heterocycles. The predicted molar refractivity (Wildman–Crippen MR) is 166 cm³/mol. The maximum absolute atomic E-state index is 13.9. The highest BCUT2D eigenvalue weighted by molar-refractivity contribution is 6.35. The van der Waals surface area contributed by atoms with Crippen LogP contribution < -0.4 is 10.1 Å². The summed E-state index contributed by atoms with van der Waals surface area (Å²) < 4.78 is 6.56. The number of pyridine rings is 1. The van der Waals surface area contributed by atoms with E-state index >= 15 is 0 Å². The number of piperidine rings is 1. The Bertz CT molecular complexity index is 1210. The molecule has 3 saturated heterocycles. The fourth-order valence-electron chi connectivity index (χ4n) is 6.39. The molecule has 8 nitrogen and oxygen atoms in total. The first kappa shape index (κ1) is 30.9. The lowest BCUT2D eigenvalue weighted by atomic mass is 9.89. The minimum atomic E-state index is -0.707. The molecule has 0 saturated carbocycles. The van der Waals surface area contributed by atoms with Crippen LogP contribution in [-0.2, 0) is 11.2 Å². The largest absolute Gasteiger partial charge is 0.489 e. The summed E-state index contributed by atoms with van der Waals surface area (Å²) >= 11 is 12.6. The molecular weight excluding hydrogens is 573 g/mol. The number of nitrogens with zero attached hydrogens (tertiary/aromatic N) is 4. The van der Waals surface area contributed by atoms with Crippen molar-refractivity contribution in [3.05, 3.63) is 57.8 Å². The van der Waals surface area contributed by atoms with Crippen LogP contribution in [-0.4, -0.2) is 89.6 Å². The Hall–Kier alpha value is -2.55. The highest BCUT2D eigenvalue weighted by Crippen LogP contribution is 2.35. The number of urea groups is 1. The van der Waals surface area contributed by atoms with E-state index in [4.69, 9.17) is 27.9 Å². The standard InChI is InChI=1S/C32H43Cl2N5O3/c1-2-26(22-37-13-3-4-14-37)42-30-9-12-35-21-27(30)23-10-17-38(18-11-23)31(40)29(36-32(41)39-15-5-6-16-39)19-24-7-8-25(33)20-28(24)34/h7-9,12,20-21,23,26,29H,2-6,10-11,13-19,22H2,1H3,(H,36,41)/t26-,29+/m0/s1. The maximum Gasteiger partial charge on any atom is 0.318 e. The number of benzene rings is 1. The predicted octanol–water partition coefficient (Wildman–Crippen LogP) is 5.76. The van der Waals surface area contributed by atoms with Gasteiger partial charge in [0, 0.05) is 67.1 Å². The van der Waals surface area contributed by atoms with E-state index < -0.39 is 6.04 Å². The molecule has 1 aromatic heterocycles. The molecule has 42 heavy (non-hydrogen) atoms. The maximum atomic E-state index is 13.9. The highest BCUT2D eigenvalue weighted by Gasteiger charge is 2.33. The molecule has 1 N–H and O–H groups in total. The van der Waals surface area contributed by atoms with Crippen molar-refractivity contribution in [3.63, 3.8) is 0 Å². The number of aromatic nitrogens is 1. The number of carbonyl (C=O) groups is 2. The summed E-state index contributed by atoms with van der Waals surface area (Å²) in [6.45, 7) is 8.08. The van der Waals surface area contributed by atoms with Crippen LogP contribution in [0.5, 0.6) is 5.75 Å². The van der Waals surface area contributed by atoms with Gasteiger partial charge in [0.25, 0.3) is 0 Å². The third-order valence-corrected chi connectivity index (χ3v) is 9.48. The Morgan fingerprint density at radius 3 is 2.40 bits per heavy atom. The van der Waals surface area contributed by atoms with Crippen LogP contribution in [0.1, 0.15) is 68.9 Å². The lowest BCUT2D eigenvalue weighted by molar-refractivity contribution is -0.134. The van der Waals surface area contributed by atoms with Crippen molar-refractivity contribution in [2.75, 3.05) is 45.8 Å². The normalized spacial score (nSPS) is 19.6. The van der Waals surface area contributed by atoms with Crippen molar-refractivity contribution in [1.82, 2.24) is 25.0 Å². The minimum Gasteiger partial charge on any atom is -0.489 e. The molecule has 5 rings (SSSR count). The fraction of sp³-hybridized carbons (Fsp3) is 0.594. The van der Waals surface area contributed by atoms with Gasteiger partial charge in [-0.3, -0.25) is 14.7 Å². The molecule has 3 fully saturated rings. The number of carbonyl (C=O) groups excluding carboxylic acids is 2. The smallest absolute Gasteiger partial charge is 0.318 e. The molecule has 3 aliphatic rings. The molecule has 0 radical (unpaired) electrons. The number of amides is 3. The van der Waals surface area contributed by atoms with E-state index in [-0.39, 0.29) is 24.0 Å². The van der Waals surface area contributed by atoms with Crippen LogP contribution in [0, 0.1) is 0 Å². The molecule has 3 amide bonds. The van der Waals surface area contributed by atoms with Crippen LogP contribution in [0.25, 0.3) is 0 Å². The Labute approximate surface area is 259 Å². The number of hydrogen-bond donors (Lipinski definition) is 1. The fourth-order valence-corrected chi connectivity index (χ4v) is 6.87. The second-order valence-corrected chi connectivity index (χ2v) is 12.6. The molecule has 1 aromatic carbocycles. The highest BCUT2D eigenvalue weighted by atomic mass is 35.5. The van der Waals surface area contributed by atoms with Crippen molar-refractivity contribution in [1.29, 1.82) is 0 Å². The van der Waals surface area contributed by atoms with Gasteiger partial charge >= 0.3 is 6.03 Å². The average Bonchev–Trinajstić information content (AvgIpc) is 3.73. The molecule has 0 unspecified atom stereocenters. The van der Waals surface area contributed by atoms with Crippen molar-refractivity contribution in [2.24, 2.45) is 0 Å². The SMILES string of the molecule is CC[C@@H](CN1CCCC1)Oc1ccncc1C1CCN(C(=O)[C@@H](Cc2ccc(Cl)cc2Cl)NC(=O)N2CCCC2)CC1. The van der Waals surface area contributed by atoms with Gasteiger partial charge in [-0.25, -0.2) is 4.79 Å². The Morgan fingerprint density at radius 1 is 1.00 bits per heavy atom. The van der Waals surface area contributed by atoms with E-state index in [0.717, 1.165) is 68.6 Å². The molecule has 2 aromatic rings. The third-order valence-electron chi connectivity index (χ3n) is 8.89. The summed E-state index contributed by atoms with van der Waals surface area (Å²) in [6.07, 6.45) is 11.3. The van der Waals surface area contributed by atoms with Crippen LogP contribution in [0.4, 0.5) is 4.79 Å². The van der Waals surface area contributed by atoms with Gasteiger partial charge in [-0.2, -0.15) is 0 Å². The first-order valence-electron chi connectivity index (χ1n) is 15.5. The lowest BCUT2D eigenvalue weighted by Gasteiger charge is -2.35. The lowest BCUT2D eigenvalue weighted by Crippen LogP contribution is -2.54. The van der Waals surface area contributed by atoms with Crippen LogP contribution in [0.15, 0.2) is 36.7 Å². The van der Waals surface area contributed by atoms with E-state index in [1.807, 2.05) is 23.2 Å². The number of halogens is 2. The van der Waals surface area contributed by atoms with Gasteiger partial charge in [0.15, 0.2) is 0 Å². The number of likely N-dealkylation sites (tertiary alicyclic amines) is 3. The summed E-state index contributed by atoms with van der Waals surface area (Å²) in [5.74, 6) is 1.09. The number of hydrogen-bond acceptors (Lipinski definition) is 5. The Balaban J connectivity index is 1.24. The van der Waals surface area contributed by atoms with Crippen molar-refractivity contribution >= 4 is 35.1 Å². The van der Waals surface area contributed by atoms with E-state index in [9.17, 15) is 9.59 Å². The molecule has 0 spiro atoms. The quantitative estimate of drug-likeness (QED) is 0.367. The summed E-state index contributed by atoms with van der Waals surface area (Å²) in [7, 11) is 0. The van der Waals surface area contributed by atoms with Gasteiger partial charge in [-0.1, -0.05) is 36.2 Å². The second-order valence-electron chi connectivity index (χ2n) is 11.8. The number of ether oxygens (including phenoxy) is 1. The zero-order valence-electron chi connectivity index (χ0n) is 24.6. The molecule has 0 bridgehead atoms. The van der Waals surface area contributed by atoms with Crippen molar-refractivity contribution in [3.8, 4) is 5.75 Å². The second kappa shape index (κ2) is 14.8. The molecule has 0 aliphatic carbocycles. The minimum absolute atomic E-state index is 0.0775. The number of nitrogens with one attached hydrogen (secondary N) is 1. The average molecular weight is 617 g/mol. The Kier molecular flexibility index (Phi) is 10.9. The van der Waals surface area contributed by atoms with Gasteiger partial charge in [0.05, 0.1) is 0 Å². The monoisotopic (exact) mass is 615 g/mol. The topological polar surface area (TPSA) is 78.0 Å². The molecule has 10 heteroatoms. The first-order valence-corrected chi connectivity index (χ1v) is 16.3. The number of rotatable bonds is 10. The third kappa shape index (κ3) is 7.88. The van der Waals surface area contributed by atoms with Crippen LogP contribution >= 0.6 is 23.2 Å². The first-order chi connectivity index (χ1) is 20.4. The van der Waals surface area contributed by atoms with Gasteiger partial charge in [-0.05, 0) is 87.7 Å². The van der Waals surface area contributed by atoms with Gasteiger partial charge in [-0.15, -0.1) is 0 Å². The zero-order chi connectivity index (χ0) is 29.5. The molecule has 2 atom stereocenters. The molecular formula is C32H43Cl2N5O3. The summed E-state index contributed by atoms with van der Waals surface area (Å²) in [4.78, 5) is 37.5. The van der Waals surface area contributed by atoms with Crippen molar-refractivity contribution in [2.45, 2.75) is 76.4 Å². The summed E-state index contributed by atoms with van der Waals surface area (Å²) in [6, 6.07) is 6.36.